The highest BCUT2D eigenvalue weighted by Crippen LogP contribution is 2.30. The van der Waals surface area contributed by atoms with Crippen molar-refractivity contribution in [1.29, 1.82) is 0 Å². The van der Waals surface area contributed by atoms with E-state index in [0.29, 0.717) is 5.82 Å². The Hall–Kier alpha value is -1.14. The van der Waals surface area contributed by atoms with Gasteiger partial charge in [-0.05, 0) is 35.8 Å². The van der Waals surface area contributed by atoms with E-state index in [4.69, 9.17) is 5.11 Å². The molecule has 0 fully saturated rings. The molecule has 0 aliphatic rings. The van der Waals surface area contributed by atoms with E-state index in [1.54, 1.807) is 31.4 Å². The van der Waals surface area contributed by atoms with Crippen LogP contribution in [-0.4, -0.2) is 21.0 Å². The first kappa shape index (κ1) is 12.3. The standard InChI is InChI=1S/C11H11BrN2O2S/c1-11(2,10(15)16)9-13-4-7(14-9)8-3-6(12)5-17-8/h3-5H,1-2H3,(H,13,14)(H,15,16). The normalized spacial score (nSPS) is 11.7. The van der Waals surface area contributed by atoms with E-state index in [2.05, 4.69) is 25.9 Å². The largest absolute Gasteiger partial charge is 0.481 e. The maximum atomic E-state index is 11.1. The molecule has 17 heavy (non-hydrogen) atoms. The van der Waals surface area contributed by atoms with Crippen molar-refractivity contribution in [2.75, 3.05) is 0 Å². The van der Waals surface area contributed by atoms with Gasteiger partial charge in [-0.15, -0.1) is 11.3 Å². The fraction of sp³-hybridized carbons (Fsp3) is 0.273. The molecule has 2 aromatic heterocycles. The van der Waals surface area contributed by atoms with Crippen LogP contribution in [0, 0.1) is 0 Å². The summed E-state index contributed by atoms with van der Waals surface area (Å²) in [5, 5.41) is 11.1. The van der Waals surface area contributed by atoms with Crippen LogP contribution < -0.4 is 0 Å². The average Bonchev–Trinajstić information content (AvgIpc) is 2.85. The Labute approximate surface area is 111 Å². The molecule has 0 saturated carbocycles. The van der Waals surface area contributed by atoms with Gasteiger partial charge in [-0.2, -0.15) is 0 Å². The molecule has 90 valence electrons. The molecule has 0 radical (unpaired) electrons. The Morgan fingerprint density at radius 3 is 2.82 bits per heavy atom. The van der Waals surface area contributed by atoms with Crippen molar-refractivity contribution in [3.05, 3.63) is 27.9 Å². The molecule has 2 N–H and O–H groups in total. The molecule has 2 rings (SSSR count). The third-order valence-electron chi connectivity index (χ3n) is 2.54. The van der Waals surface area contributed by atoms with Gasteiger partial charge < -0.3 is 10.1 Å². The van der Waals surface area contributed by atoms with Crippen LogP contribution in [-0.2, 0) is 10.2 Å². The molecule has 0 spiro atoms. The molecular formula is C11H11BrN2O2S. The molecule has 2 heterocycles. The van der Waals surface area contributed by atoms with Crippen LogP contribution in [0.5, 0.6) is 0 Å². The first-order valence-corrected chi connectivity index (χ1v) is 6.62. The number of nitrogens with one attached hydrogen (secondary N) is 1. The van der Waals surface area contributed by atoms with Crippen LogP contribution in [0.4, 0.5) is 0 Å². The molecule has 0 unspecified atom stereocenters. The molecule has 0 saturated heterocycles. The highest BCUT2D eigenvalue weighted by molar-refractivity contribution is 9.10. The number of hydrogen-bond donors (Lipinski definition) is 2. The minimum absolute atomic E-state index is 0.463. The third-order valence-corrected chi connectivity index (χ3v) is 4.26. The lowest BCUT2D eigenvalue weighted by Gasteiger charge is -2.15. The highest BCUT2D eigenvalue weighted by atomic mass is 79.9. The van der Waals surface area contributed by atoms with Gasteiger partial charge in [0.05, 0.1) is 16.8 Å². The topological polar surface area (TPSA) is 66.0 Å². The number of halogens is 1. The van der Waals surface area contributed by atoms with Gasteiger partial charge in [0, 0.05) is 9.85 Å². The maximum Gasteiger partial charge on any atom is 0.316 e. The number of rotatable bonds is 3. The van der Waals surface area contributed by atoms with Crippen LogP contribution in [0.15, 0.2) is 22.1 Å². The van der Waals surface area contributed by atoms with Gasteiger partial charge in [0.15, 0.2) is 0 Å². The molecule has 2 aromatic rings. The van der Waals surface area contributed by atoms with Crippen molar-refractivity contribution in [1.82, 2.24) is 9.97 Å². The molecule has 0 atom stereocenters. The van der Waals surface area contributed by atoms with E-state index in [9.17, 15) is 4.79 Å². The van der Waals surface area contributed by atoms with E-state index in [1.807, 2.05) is 11.4 Å². The Morgan fingerprint density at radius 1 is 1.59 bits per heavy atom. The van der Waals surface area contributed by atoms with Crippen molar-refractivity contribution < 1.29 is 9.90 Å². The summed E-state index contributed by atoms with van der Waals surface area (Å²) in [6.45, 7) is 3.25. The maximum absolute atomic E-state index is 11.1. The summed E-state index contributed by atoms with van der Waals surface area (Å²) in [6, 6.07) is 1.97. The van der Waals surface area contributed by atoms with Crippen LogP contribution in [0.3, 0.4) is 0 Å². The van der Waals surface area contributed by atoms with Gasteiger partial charge in [-0.25, -0.2) is 4.98 Å². The second kappa shape index (κ2) is 4.27. The number of aliphatic carboxylic acids is 1. The predicted octanol–water partition coefficient (Wildman–Crippen LogP) is 3.26. The van der Waals surface area contributed by atoms with Crippen molar-refractivity contribution in [3.8, 4) is 10.6 Å². The molecule has 6 heteroatoms. The van der Waals surface area contributed by atoms with Crippen molar-refractivity contribution in [2.24, 2.45) is 0 Å². The first-order valence-electron chi connectivity index (χ1n) is 4.94. The summed E-state index contributed by atoms with van der Waals surface area (Å²) in [5.41, 5.74) is -0.169. The fourth-order valence-corrected chi connectivity index (χ4v) is 2.71. The van der Waals surface area contributed by atoms with Crippen LogP contribution in [0.2, 0.25) is 0 Å². The number of H-pyrrole nitrogens is 1. The van der Waals surface area contributed by atoms with Gasteiger partial charge >= 0.3 is 5.97 Å². The van der Waals surface area contributed by atoms with Crippen LogP contribution in [0.1, 0.15) is 19.7 Å². The number of nitrogens with zero attached hydrogens (tertiary/aromatic N) is 1. The Morgan fingerprint density at radius 2 is 2.29 bits per heavy atom. The summed E-state index contributed by atoms with van der Waals surface area (Å²) in [4.78, 5) is 19.3. The smallest absolute Gasteiger partial charge is 0.316 e. The SMILES string of the molecule is CC(C)(C(=O)O)c1ncc(-c2cc(Br)cs2)[nH]1. The molecular weight excluding hydrogens is 304 g/mol. The Bertz CT molecular complexity index is 559. The van der Waals surface area contributed by atoms with E-state index < -0.39 is 11.4 Å². The van der Waals surface area contributed by atoms with Crippen LogP contribution in [0.25, 0.3) is 10.6 Å². The van der Waals surface area contributed by atoms with Crippen molar-refractivity contribution in [3.63, 3.8) is 0 Å². The van der Waals surface area contributed by atoms with Crippen molar-refractivity contribution in [2.45, 2.75) is 19.3 Å². The number of carboxylic acids is 1. The van der Waals surface area contributed by atoms with E-state index in [-0.39, 0.29) is 0 Å². The lowest BCUT2D eigenvalue weighted by Crippen LogP contribution is -2.29. The number of aromatic nitrogens is 2. The van der Waals surface area contributed by atoms with E-state index in [0.717, 1.165) is 15.0 Å². The molecule has 0 aliphatic carbocycles. The zero-order valence-electron chi connectivity index (χ0n) is 9.32. The lowest BCUT2D eigenvalue weighted by atomic mass is 9.93. The second-order valence-electron chi connectivity index (χ2n) is 4.20. The number of carbonyl (C=O) groups is 1. The van der Waals surface area contributed by atoms with Gasteiger partial charge in [-0.3, -0.25) is 4.79 Å². The predicted molar refractivity (Wildman–Crippen MR) is 70.3 cm³/mol. The minimum Gasteiger partial charge on any atom is -0.481 e. The van der Waals surface area contributed by atoms with E-state index >= 15 is 0 Å². The second-order valence-corrected chi connectivity index (χ2v) is 6.03. The van der Waals surface area contributed by atoms with Gasteiger partial charge in [-0.1, -0.05) is 0 Å². The number of aromatic amines is 1. The average molecular weight is 315 g/mol. The number of hydrogen-bond acceptors (Lipinski definition) is 3. The third kappa shape index (κ3) is 2.28. The number of imidazole rings is 1. The summed E-state index contributed by atoms with van der Waals surface area (Å²) in [7, 11) is 0. The number of thiophene rings is 1. The summed E-state index contributed by atoms with van der Waals surface area (Å²) in [5.74, 6) is -0.435. The minimum atomic E-state index is -1.01. The molecule has 0 aromatic carbocycles. The van der Waals surface area contributed by atoms with Crippen molar-refractivity contribution >= 4 is 33.2 Å². The number of carboxylic acid groups (broad SMARTS) is 1. The summed E-state index contributed by atoms with van der Waals surface area (Å²) >= 11 is 4.95. The zero-order chi connectivity index (χ0) is 12.6. The van der Waals surface area contributed by atoms with Crippen LogP contribution >= 0.6 is 27.3 Å². The summed E-state index contributed by atoms with van der Waals surface area (Å²) in [6.07, 6.45) is 1.66. The first-order chi connectivity index (χ1) is 7.91. The highest BCUT2D eigenvalue weighted by Gasteiger charge is 2.32. The van der Waals surface area contributed by atoms with E-state index in [1.165, 1.54) is 0 Å². The quantitative estimate of drug-likeness (QED) is 0.913. The summed E-state index contributed by atoms with van der Waals surface area (Å²) < 4.78 is 1.01. The lowest BCUT2D eigenvalue weighted by molar-refractivity contribution is -0.142. The molecule has 4 nitrogen and oxygen atoms in total. The molecule has 0 bridgehead atoms. The van der Waals surface area contributed by atoms with Gasteiger partial charge in [0.1, 0.15) is 11.2 Å². The molecule has 0 amide bonds. The fourth-order valence-electron chi connectivity index (χ4n) is 1.32. The van der Waals surface area contributed by atoms with Gasteiger partial charge in [0.25, 0.3) is 0 Å². The van der Waals surface area contributed by atoms with Gasteiger partial charge in [0.2, 0.25) is 0 Å². The Balaban J connectivity index is 2.37. The molecule has 0 aliphatic heterocycles. The zero-order valence-corrected chi connectivity index (χ0v) is 11.7. The monoisotopic (exact) mass is 314 g/mol. The Kier molecular flexibility index (Phi) is 3.09.